The van der Waals surface area contributed by atoms with Gasteiger partial charge in [0.05, 0.1) is 0 Å². The molecule has 8 heteroatoms. The van der Waals surface area contributed by atoms with Crippen LogP contribution in [0.25, 0.3) is 0 Å². The molecule has 8 aromatic rings. The van der Waals surface area contributed by atoms with Gasteiger partial charge in [0, 0.05) is 37.8 Å². The van der Waals surface area contributed by atoms with Crippen molar-refractivity contribution < 1.29 is 28.5 Å². The molecule has 0 aromatic heterocycles. The Morgan fingerprint density at radius 2 is 0.629 bits per heavy atom. The van der Waals surface area contributed by atoms with E-state index in [4.69, 9.17) is 18.9 Å². The highest BCUT2D eigenvalue weighted by Crippen LogP contribution is 2.31. The van der Waals surface area contributed by atoms with Crippen LogP contribution in [0, 0.1) is 0 Å². The molecule has 70 heavy (non-hydrogen) atoms. The van der Waals surface area contributed by atoms with E-state index in [0.29, 0.717) is 52.0 Å². The van der Waals surface area contributed by atoms with E-state index in [0.717, 1.165) is 56.0 Å². The number of carbonyl (C=O) groups excluding carboxylic acids is 2. The van der Waals surface area contributed by atoms with E-state index in [1.165, 1.54) is 0 Å². The first kappa shape index (κ1) is 48.7. The molecule has 354 valence electrons. The van der Waals surface area contributed by atoms with Gasteiger partial charge in [-0.2, -0.15) is 0 Å². The Hall–Kier alpha value is -7.78. The van der Waals surface area contributed by atoms with Gasteiger partial charge >= 0.3 is 11.9 Å². The summed E-state index contributed by atoms with van der Waals surface area (Å²) in [7, 11) is 0. The summed E-state index contributed by atoms with van der Waals surface area (Å²) in [5.74, 6) is -0.838. The number of nitrogens with one attached hydrogen (secondary N) is 2. The predicted octanol–water partition coefficient (Wildman–Crippen LogP) is 12.0. The van der Waals surface area contributed by atoms with Crippen LogP contribution in [0.2, 0.25) is 0 Å². The van der Waals surface area contributed by atoms with Crippen LogP contribution in [0.1, 0.15) is 69.2 Å². The van der Waals surface area contributed by atoms with Gasteiger partial charge in [-0.1, -0.05) is 206 Å². The van der Waals surface area contributed by atoms with Crippen molar-refractivity contribution in [2.24, 2.45) is 0 Å². The third kappa shape index (κ3) is 15.1. The van der Waals surface area contributed by atoms with Crippen LogP contribution >= 0.6 is 0 Å². The summed E-state index contributed by atoms with van der Waals surface area (Å²) in [6.45, 7) is 1.93. The molecule has 2 atom stereocenters. The molecule has 0 fully saturated rings. The van der Waals surface area contributed by atoms with Crippen LogP contribution in [0.15, 0.2) is 231 Å². The van der Waals surface area contributed by atoms with Gasteiger partial charge in [-0.15, -0.1) is 0 Å². The molecule has 0 saturated heterocycles. The Morgan fingerprint density at radius 1 is 0.343 bits per heavy atom. The molecule has 0 radical (unpaired) electrons. The first-order valence-electron chi connectivity index (χ1n) is 24.1. The van der Waals surface area contributed by atoms with Crippen molar-refractivity contribution in [1.29, 1.82) is 0 Å². The Morgan fingerprint density at radius 3 is 0.929 bits per heavy atom. The normalized spacial score (nSPS) is 12.0. The zero-order valence-corrected chi connectivity index (χ0v) is 39.4. The molecule has 2 unspecified atom stereocenters. The summed E-state index contributed by atoms with van der Waals surface area (Å²) in [5, 5.41) is 6.96. The highest BCUT2D eigenvalue weighted by atomic mass is 16.6. The SMILES string of the molecule is O=C(OC(CC(c1ccccc1)c1ccccc1)NCCc1ccc(OCc2ccccc2)cc1)C(=O)OC(CC(c1ccccc1)c1ccccc1)NCCc1ccc(OCc2ccccc2)cc1. The molecule has 0 aliphatic rings. The predicted molar refractivity (Wildman–Crippen MR) is 276 cm³/mol. The van der Waals surface area contributed by atoms with Crippen molar-refractivity contribution in [3.05, 3.63) is 275 Å². The lowest BCUT2D eigenvalue weighted by Gasteiger charge is -2.27. The number of benzene rings is 8. The van der Waals surface area contributed by atoms with E-state index < -0.39 is 24.4 Å². The number of hydrogen-bond acceptors (Lipinski definition) is 8. The van der Waals surface area contributed by atoms with Gasteiger partial charge in [0.15, 0.2) is 12.5 Å². The lowest BCUT2D eigenvalue weighted by Crippen LogP contribution is -2.42. The molecular weight excluding hydrogens is 869 g/mol. The van der Waals surface area contributed by atoms with Crippen molar-refractivity contribution in [1.82, 2.24) is 10.6 Å². The smallest absolute Gasteiger partial charge is 0.419 e. The topological polar surface area (TPSA) is 95.1 Å². The maximum absolute atomic E-state index is 14.1. The maximum Gasteiger partial charge on any atom is 0.419 e. The van der Waals surface area contributed by atoms with Crippen molar-refractivity contribution >= 4 is 11.9 Å². The van der Waals surface area contributed by atoms with Crippen LogP contribution in [0.5, 0.6) is 11.5 Å². The van der Waals surface area contributed by atoms with Crippen LogP contribution in [-0.2, 0) is 45.1 Å². The second-order valence-electron chi connectivity index (χ2n) is 17.3. The fourth-order valence-electron chi connectivity index (χ4n) is 8.54. The largest absolute Gasteiger partial charge is 0.489 e. The van der Waals surface area contributed by atoms with Crippen LogP contribution in [0.4, 0.5) is 0 Å². The summed E-state index contributed by atoms with van der Waals surface area (Å²) < 4.78 is 24.3. The average molecular weight is 929 g/mol. The van der Waals surface area contributed by atoms with Gasteiger partial charge in [-0.05, 0) is 81.6 Å². The van der Waals surface area contributed by atoms with E-state index in [9.17, 15) is 9.59 Å². The maximum atomic E-state index is 14.1. The number of ether oxygens (including phenoxy) is 4. The first-order valence-corrected chi connectivity index (χ1v) is 24.1. The van der Waals surface area contributed by atoms with Crippen LogP contribution in [-0.4, -0.2) is 37.5 Å². The molecule has 0 amide bonds. The molecule has 8 nitrogen and oxygen atoms in total. The van der Waals surface area contributed by atoms with Gasteiger partial charge in [0.2, 0.25) is 0 Å². The molecule has 0 aliphatic carbocycles. The van der Waals surface area contributed by atoms with Crippen molar-refractivity contribution in [3.63, 3.8) is 0 Å². The molecule has 0 spiro atoms. The quantitative estimate of drug-likeness (QED) is 0.0352. The monoisotopic (exact) mass is 928 g/mol. The van der Waals surface area contributed by atoms with Crippen molar-refractivity contribution in [2.45, 2.75) is 63.2 Å². The minimum Gasteiger partial charge on any atom is -0.489 e. The van der Waals surface area contributed by atoms with E-state index in [2.05, 4.69) is 59.2 Å². The van der Waals surface area contributed by atoms with Gasteiger partial charge < -0.3 is 18.9 Å². The minimum absolute atomic E-state index is 0.138. The third-order valence-corrected chi connectivity index (χ3v) is 12.3. The van der Waals surface area contributed by atoms with E-state index in [1.807, 2.05) is 182 Å². The molecule has 2 N–H and O–H groups in total. The van der Waals surface area contributed by atoms with Gasteiger partial charge in [0.1, 0.15) is 24.7 Å². The second-order valence-corrected chi connectivity index (χ2v) is 17.3. The summed E-state index contributed by atoms with van der Waals surface area (Å²) in [6, 6.07) is 76.8. The van der Waals surface area contributed by atoms with Crippen LogP contribution in [0.3, 0.4) is 0 Å². The Bertz CT molecular complexity index is 2470. The minimum atomic E-state index is -1.06. The Kier molecular flexibility index (Phi) is 18.2. The Balaban J connectivity index is 0.962. The molecule has 8 rings (SSSR count). The van der Waals surface area contributed by atoms with Gasteiger partial charge in [-0.3, -0.25) is 10.6 Å². The summed E-state index contributed by atoms with van der Waals surface area (Å²) >= 11 is 0. The van der Waals surface area contributed by atoms with E-state index in [-0.39, 0.29) is 11.8 Å². The average Bonchev–Trinajstić information content (AvgIpc) is 3.42. The van der Waals surface area contributed by atoms with Crippen molar-refractivity contribution in [2.75, 3.05) is 13.1 Å². The fourth-order valence-corrected chi connectivity index (χ4v) is 8.54. The number of esters is 2. The third-order valence-electron chi connectivity index (χ3n) is 12.3. The highest BCUT2D eigenvalue weighted by Gasteiger charge is 2.30. The van der Waals surface area contributed by atoms with Crippen molar-refractivity contribution in [3.8, 4) is 11.5 Å². The second kappa shape index (κ2) is 26.1. The highest BCUT2D eigenvalue weighted by molar-refractivity contribution is 6.29. The zero-order valence-electron chi connectivity index (χ0n) is 39.4. The zero-order chi connectivity index (χ0) is 48.0. The lowest BCUT2D eigenvalue weighted by molar-refractivity contribution is -0.176. The summed E-state index contributed by atoms with van der Waals surface area (Å²) in [5.41, 5.74) is 8.63. The van der Waals surface area contributed by atoms with Crippen LogP contribution < -0.4 is 20.1 Å². The van der Waals surface area contributed by atoms with Gasteiger partial charge in [-0.25, -0.2) is 9.59 Å². The van der Waals surface area contributed by atoms with Gasteiger partial charge in [0.25, 0.3) is 0 Å². The lowest BCUT2D eigenvalue weighted by atomic mass is 9.88. The summed E-state index contributed by atoms with van der Waals surface area (Å²) in [6.07, 6.45) is 0.392. The fraction of sp³-hybridized carbons (Fsp3) is 0.194. The number of rotatable bonds is 24. The first-order chi connectivity index (χ1) is 34.5. The van der Waals surface area contributed by atoms with E-state index in [1.54, 1.807) is 0 Å². The number of carbonyl (C=O) groups is 2. The summed E-state index contributed by atoms with van der Waals surface area (Å²) in [4.78, 5) is 28.2. The molecule has 0 heterocycles. The molecule has 0 saturated carbocycles. The molecule has 0 bridgehead atoms. The molecule has 0 aliphatic heterocycles. The standard InChI is InChI=1S/C62H60N2O6/c65-61(69-59(43-57(51-23-11-3-12-24-51)52-25-13-4-14-26-52)63-41-39-47-31-35-55(36-32-47)67-45-49-19-7-1-8-20-49)62(66)70-60(44-58(53-27-15-5-16-28-53)54-29-17-6-18-30-54)64-42-40-48-33-37-56(38-34-48)68-46-50-21-9-2-10-22-50/h1-38,57-60,63-64H,39-46H2. The molecular formula is C62H60N2O6. The Labute approximate surface area is 412 Å². The number of hydrogen-bond donors (Lipinski definition) is 2. The van der Waals surface area contributed by atoms with E-state index >= 15 is 0 Å². The molecule has 8 aromatic carbocycles.